The Balaban J connectivity index is 1.63. The van der Waals surface area contributed by atoms with E-state index in [-0.39, 0.29) is 0 Å². The smallest absolute Gasteiger partial charge is 0.339 e. The van der Waals surface area contributed by atoms with E-state index in [1.807, 2.05) is 67.6 Å². The number of hydroxylamine groups is 2. The van der Waals surface area contributed by atoms with Crippen LogP contribution in [-0.2, 0) is 10.4 Å². The Kier molecular flexibility index (Phi) is 4.85. The molecule has 32 heavy (non-hydrogen) atoms. The third-order valence-corrected chi connectivity index (χ3v) is 5.80. The summed E-state index contributed by atoms with van der Waals surface area (Å²) in [6.45, 7) is 2.40. The number of aromatic nitrogens is 3. The second kappa shape index (κ2) is 7.84. The molecule has 0 saturated carbocycles. The lowest BCUT2D eigenvalue weighted by Gasteiger charge is -2.36. The van der Waals surface area contributed by atoms with Crippen LogP contribution in [0.3, 0.4) is 0 Å². The molecule has 2 aromatic carbocycles. The van der Waals surface area contributed by atoms with Gasteiger partial charge in [-0.1, -0.05) is 48.4 Å². The number of carbonyl (C=O) groups is 1. The van der Waals surface area contributed by atoms with Gasteiger partial charge < -0.3 is 5.73 Å². The maximum absolute atomic E-state index is 12.3. The zero-order valence-corrected chi connectivity index (χ0v) is 17.5. The monoisotopic (exact) mass is 423 g/mol. The molecule has 7 heteroatoms. The summed E-state index contributed by atoms with van der Waals surface area (Å²) in [5, 5.41) is 5.60. The standard InChI is InChI=1S/C25H21N5O2/c1-18-9-11-21(16-19(18)10-12-22-17-27-23-8-5-14-28-29(22)23)25(20-6-3-2-4-7-20)13-15-32-30(25)24(26)31/h2-9,11,14,16-17H,13,15H2,1H3,(H2,26,31). The van der Waals surface area contributed by atoms with Crippen LogP contribution in [-0.4, -0.2) is 32.3 Å². The number of urea groups is 1. The molecule has 2 amide bonds. The Labute approximate surface area is 185 Å². The van der Waals surface area contributed by atoms with Crippen molar-refractivity contribution in [3.63, 3.8) is 0 Å². The van der Waals surface area contributed by atoms with Crippen LogP contribution < -0.4 is 5.73 Å². The zero-order chi connectivity index (χ0) is 22.1. The Hall–Kier alpha value is -4.15. The van der Waals surface area contributed by atoms with Gasteiger partial charge in [0, 0.05) is 18.2 Å². The van der Waals surface area contributed by atoms with Crippen molar-refractivity contribution in [1.82, 2.24) is 19.7 Å². The molecule has 0 radical (unpaired) electrons. The molecule has 7 nitrogen and oxygen atoms in total. The molecule has 1 atom stereocenters. The minimum atomic E-state index is -0.817. The van der Waals surface area contributed by atoms with Gasteiger partial charge in [0.15, 0.2) is 5.65 Å². The molecular weight excluding hydrogens is 402 g/mol. The average molecular weight is 423 g/mol. The second-order valence-electron chi connectivity index (χ2n) is 7.66. The van der Waals surface area contributed by atoms with Gasteiger partial charge in [-0.3, -0.25) is 4.84 Å². The lowest BCUT2D eigenvalue weighted by atomic mass is 9.79. The van der Waals surface area contributed by atoms with E-state index in [1.165, 1.54) is 5.06 Å². The molecule has 158 valence electrons. The van der Waals surface area contributed by atoms with Gasteiger partial charge in [0.25, 0.3) is 0 Å². The molecule has 0 aliphatic carbocycles. The van der Waals surface area contributed by atoms with Crippen molar-refractivity contribution in [3.05, 3.63) is 101 Å². The van der Waals surface area contributed by atoms with Crippen LogP contribution in [0.2, 0.25) is 0 Å². The molecule has 4 aromatic rings. The van der Waals surface area contributed by atoms with Gasteiger partial charge in [0.1, 0.15) is 11.2 Å². The molecule has 1 unspecified atom stereocenters. The van der Waals surface area contributed by atoms with Gasteiger partial charge in [0.05, 0.1) is 12.8 Å². The van der Waals surface area contributed by atoms with Crippen molar-refractivity contribution < 1.29 is 9.63 Å². The minimum Gasteiger partial charge on any atom is -0.350 e. The molecule has 5 rings (SSSR count). The minimum absolute atomic E-state index is 0.389. The quantitative estimate of drug-likeness (QED) is 0.501. The van der Waals surface area contributed by atoms with Gasteiger partial charge in [-0.05, 0) is 47.7 Å². The fourth-order valence-corrected chi connectivity index (χ4v) is 4.21. The van der Waals surface area contributed by atoms with Gasteiger partial charge >= 0.3 is 6.03 Å². The average Bonchev–Trinajstić information content (AvgIpc) is 3.45. The normalized spacial score (nSPS) is 17.8. The predicted molar refractivity (Wildman–Crippen MR) is 119 cm³/mol. The van der Waals surface area contributed by atoms with Crippen LogP contribution >= 0.6 is 0 Å². The van der Waals surface area contributed by atoms with Crippen molar-refractivity contribution in [2.45, 2.75) is 18.9 Å². The molecule has 2 aromatic heterocycles. The number of nitrogens with two attached hydrogens (primary N) is 1. The lowest BCUT2D eigenvalue weighted by molar-refractivity contribution is -0.107. The maximum atomic E-state index is 12.3. The molecule has 1 saturated heterocycles. The Morgan fingerprint density at radius 1 is 1.09 bits per heavy atom. The van der Waals surface area contributed by atoms with Crippen LogP contribution in [0.25, 0.3) is 5.65 Å². The number of primary amides is 1. The molecule has 2 N–H and O–H groups in total. The third kappa shape index (κ3) is 3.18. The first-order valence-corrected chi connectivity index (χ1v) is 10.3. The summed E-state index contributed by atoms with van der Waals surface area (Å²) in [4.78, 5) is 22.3. The van der Waals surface area contributed by atoms with Crippen LogP contribution in [0.4, 0.5) is 4.79 Å². The highest BCUT2D eigenvalue weighted by Gasteiger charge is 2.48. The second-order valence-corrected chi connectivity index (χ2v) is 7.66. The van der Waals surface area contributed by atoms with E-state index in [0.717, 1.165) is 27.9 Å². The summed E-state index contributed by atoms with van der Waals surface area (Å²) in [7, 11) is 0. The summed E-state index contributed by atoms with van der Waals surface area (Å²) in [6.07, 6.45) is 4.00. The summed E-state index contributed by atoms with van der Waals surface area (Å²) < 4.78 is 1.71. The van der Waals surface area contributed by atoms with E-state index in [2.05, 4.69) is 21.9 Å². The fourth-order valence-electron chi connectivity index (χ4n) is 4.21. The van der Waals surface area contributed by atoms with Gasteiger partial charge in [0.2, 0.25) is 0 Å². The highest BCUT2D eigenvalue weighted by molar-refractivity contribution is 5.73. The van der Waals surface area contributed by atoms with E-state index in [1.54, 1.807) is 16.9 Å². The van der Waals surface area contributed by atoms with Crippen molar-refractivity contribution in [3.8, 4) is 11.8 Å². The van der Waals surface area contributed by atoms with Crippen molar-refractivity contribution in [2.75, 3.05) is 6.61 Å². The van der Waals surface area contributed by atoms with E-state index in [0.29, 0.717) is 18.7 Å². The molecule has 3 heterocycles. The number of imidazole rings is 1. The van der Waals surface area contributed by atoms with Crippen LogP contribution in [0.1, 0.15) is 34.4 Å². The molecule has 1 aliphatic rings. The molecule has 0 spiro atoms. The number of carbonyl (C=O) groups excluding carboxylic acids is 1. The number of nitrogens with zero attached hydrogens (tertiary/aromatic N) is 4. The van der Waals surface area contributed by atoms with Crippen LogP contribution in [0.5, 0.6) is 0 Å². The summed E-state index contributed by atoms with van der Waals surface area (Å²) in [5.74, 6) is 6.44. The molecule has 1 aliphatic heterocycles. The van der Waals surface area contributed by atoms with E-state index >= 15 is 0 Å². The number of amides is 2. The lowest BCUT2D eigenvalue weighted by Crippen LogP contribution is -2.47. The molecule has 0 bridgehead atoms. The number of hydrogen-bond acceptors (Lipinski definition) is 4. The number of hydrogen-bond donors (Lipinski definition) is 1. The number of benzene rings is 2. The zero-order valence-electron chi connectivity index (χ0n) is 17.5. The van der Waals surface area contributed by atoms with Crippen molar-refractivity contribution in [1.29, 1.82) is 0 Å². The number of fused-ring (bicyclic) bond motifs is 1. The van der Waals surface area contributed by atoms with Crippen LogP contribution in [0, 0.1) is 18.8 Å². The Morgan fingerprint density at radius 3 is 2.75 bits per heavy atom. The fraction of sp³-hybridized carbons (Fsp3) is 0.160. The third-order valence-electron chi connectivity index (χ3n) is 5.80. The highest BCUT2D eigenvalue weighted by atomic mass is 16.7. The van der Waals surface area contributed by atoms with Crippen LogP contribution in [0.15, 0.2) is 73.1 Å². The first-order chi connectivity index (χ1) is 15.6. The van der Waals surface area contributed by atoms with E-state index in [9.17, 15) is 4.79 Å². The van der Waals surface area contributed by atoms with Gasteiger partial charge in [-0.25, -0.2) is 14.3 Å². The largest absolute Gasteiger partial charge is 0.350 e. The van der Waals surface area contributed by atoms with E-state index in [4.69, 9.17) is 10.6 Å². The highest BCUT2D eigenvalue weighted by Crippen LogP contribution is 2.43. The summed E-state index contributed by atoms with van der Waals surface area (Å²) in [5.41, 5.74) is 10.0. The molecule has 1 fully saturated rings. The first-order valence-electron chi connectivity index (χ1n) is 10.3. The molecular formula is C25H21N5O2. The SMILES string of the molecule is Cc1ccc(C2(c3ccccc3)CCON2C(N)=O)cc1C#Cc1cnc2cccnn12. The topological polar surface area (TPSA) is 85.8 Å². The number of aryl methyl sites for hydroxylation is 1. The summed E-state index contributed by atoms with van der Waals surface area (Å²) >= 11 is 0. The van der Waals surface area contributed by atoms with Gasteiger partial charge in [-0.2, -0.15) is 10.2 Å². The summed E-state index contributed by atoms with van der Waals surface area (Å²) in [6, 6.07) is 18.9. The predicted octanol–water partition coefficient (Wildman–Crippen LogP) is 3.40. The Morgan fingerprint density at radius 2 is 1.94 bits per heavy atom. The number of rotatable bonds is 2. The van der Waals surface area contributed by atoms with Crippen molar-refractivity contribution in [2.24, 2.45) is 5.73 Å². The van der Waals surface area contributed by atoms with Crippen molar-refractivity contribution >= 4 is 11.7 Å². The maximum Gasteiger partial charge on any atom is 0.339 e. The first kappa shape index (κ1) is 19.8. The Bertz CT molecular complexity index is 1370. The van der Waals surface area contributed by atoms with Gasteiger partial charge in [-0.15, -0.1) is 0 Å². The van der Waals surface area contributed by atoms with E-state index < -0.39 is 11.6 Å².